The summed E-state index contributed by atoms with van der Waals surface area (Å²) >= 11 is 0. The van der Waals surface area contributed by atoms with Gasteiger partial charge in [-0.2, -0.15) is 0 Å². The Kier molecular flexibility index (Phi) is 4.95. The first-order chi connectivity index (χ1) is 12.2. The topological polar surface area (TPSA) is 40.5 Å². The van der Waals surface area contributed by atoms with Gasteiger partial charge in [0.25, 0.3) is 0 Å². The van der Waals surface area contributed by atoms with Crippen LogP contribution in [-0.2, 0) is 4.79 Å². The summed E-state index contributed by atoms with van der Waals surface area (Å²) in [6.45, 7) is 1.64. The molecule has 3 heteroatoms. The third-order valence-electron chi connectivity index (χ3n) is 3.98. The lowest BCUT2D eigenvalue weighted by atomic mass is 10.0. The van der Waals surface area contributed by atoms with Crippen molar-refractivity contribution in [3.05, 3.63) is 102 Å². The minimum absolute atomic E-state index is 0.291. The largest absolute Gasteiger partial charge is 0.478 e. The number of hydrogen-bond acceptors (Lipinski definition) is 2. The van der Waals surface area contributed by atoms with Crippen molar-refractivity contribution in [2.45, 2.75) is 6.92 Å². The fourth-order valence-corrected chi connectivity index (χ4v) is 2.77. The summed E-state index contributed by atoms with van der Waals surface area (Å²) in [5.41, 5.74) is 3.63. The quantitative estimate of drug-likeness (QED) is 0.642. The fraction of sp³-hybridized carbons (Fsp3) is 0.0455. The minimum atomic E-state index is -0.935. The van der Waals surface area contributed by atoms with Gasteiger partial charge in [-0.3, -0.25) is 0 Å². The molecule has 3 aromatic rings. The Bertz CT molecular complexity index is 832. The molecule has 0 saturated carbocycles. The SMILES string of the molecule is CC(C(=O)O)=C(c1ccccc1)N(c1ccccc1)c1ccccc1. The lowest BCUT2D eigenvalue weighted by Crippen LogP contribution is -2.19. The smallest absolute Gasteiger partial charge is 0.333 e. The second-order valence-electron chi connectivity index (χ2n) is 5.65. The molecular formula is C22H19NO2. The molecule has 0 saturated heterocycles. The van der Waals surface area contributed by atoms with E-state index in [0.717, 1.165) is 16.9 Å². The van der Waals surface area contributed by atoms with Crippen LogP contribution < -0.4 is 4.90 Å². The van der Waals surface area contributed by atoms with E-state index in [9.17, 15) is 9.90 Å². The molecule has 0 spiro atoms. The van der Waals surface area contributed by atoms with E-state index < -0.39 is 5.97 Å². The molecule has 3 aromatic carbocycles. The third kappa shape index (κ3) is 3.61. The number of carboxylic acid groups (broad SMARTS) is 1. The average Bonchev–Trinajstić information content (AvgIpc) is 2.67. The van der Waals surface area contributed by atoms with E-state index in [1.807, 2.05) is 95.9 Å². The molecule has 0 aromatic heterocycles. The van der Waals surface area contributed by atoms with Crippen molar-refractivity contribution >= 4 is 23.0 Å². The number of carbonyl (C=O) groups is 1. The third-order valence-corrected chi connectivity index (χ3v) is 3.98. The van der Waals surface area contributed by atoms with Gasteiger partial charge in [-0.25, -0.2) is 4.79 Å². The number of para-hydroxylation sites is 2. The highest BCUT2D eigenvalue weighted by Gasteiger charge is 2.21. The Balaban J connectivity index is 2.28. The second kappa shape index (κ2) is 7.49. The van der Waals surface area contributed by atoms with Crippen LogP contribution >= 0.6 is 0 Å². The van der Waals surface area contributed by atoms with Crippen molar-refractivity contribution in [1.82, 2.24) is 0 Å². The van der Waals surface area contributed by atoms with Crippen molar-refractivity contribution in [3.8, 4) is 0 Å². The molecule has 1 N–H and O–H groups in total. The zero-order chi connectivity index (χ0) is 17.6. The molecule has 0 fully saturated rings. The van der Waals surface area contributed by atoms with Crippen LogP contribution in [0.3, 0.4) is 0 Å². The van der Waals surface area contributed by atoms with Gasteiger partial charge in [-0.15, -0.1) is 0 Å². The highest BCUT2D eigenvalue weighted by molar-refractivity contribution is 6.01. The van der Waals surface area contributed by atoms with Crippen molar-refractivity contribution in [2.24, 2.45) is 0 Å². The molecular weight excluding hydrogens is 310 g/mol. The zero-order valence-corrected chi connectivity index (χ0v) is 14.0. The molecule has 0 atom stereocenters. The molecule has 0 unspecified atom stereocenters. The Labute approximate surface area is 147 Å². The normalized spacial score (nSPS) is 11.6. The van der Waals surface area contributed by atoms with E-state index in [0.29, 0.717) is 11.3 Å². The molecule has 124 valence electrons. The summed E-state index contributed by atoms with van der Waals surface area (Å²) in [7, 11) is 0. The van der Waals surface area contributed by atoms with Crippen LogP contribution in [0.25, 0.3) is 5.70 Å². The van der Waals surface area contributed by atoms with Crippen LogP contribution in [0.2, 0.25) is 0 Å². The maximum absolute atomic E-state index is 11.8. The number of rotatable bonds is 5. The van der Waals surface area contributed by atoms with Gasteiger partial charge < -0.3 is 10.0 Å². The van der Waals surface area contributed by atoms with Crippen LogP contribution in [-0.4, -0.2) is 11.1 Å². The standard InChI is InChI=1S/C22H19NO2/c1-17(22(24)25)21(18-11-5-2-6-12-18)23(19-13-7-3-8-14-19)20-15-9-4-10-16-20/h2-16H,1H3,(H,24,25). The molecule has 0 bridgehead atoms. The van der Waals surface area contributed by atoms with Crippen LogP contribution in [0, 0.1) is 0 Å². The van der Waals surface area contributed by atoms with Gasteiger partial charge in [-0.1, -0.05) is 66.7 Å². The number of anilines is 2. The Hall–Kier alpha value is -3.33. The lowest BCUT2D eigenvalue weighted by Gasteiger charge is -2.29. The summed E-state index contributed by atoms with van der Waals surface area (Å²) in [4.78, 5) is 13.8. The zero-order valence-electron chi connectivity index (χ0n) is 14.0. The highest BCUT2D eigenvalue weighted by Crippen LogP contribution is 2.36. The van der Waals surface area contributed by atoms with Gasteiger partial charge in [0.2, 0.25) is 0 Å². The monoisotopic (exact) mass is 329 g/mol. The van der Waals surface area contributed by atoms with Crippen LogP contribution in [0.15, 0.2) is 96.6 Å². The number of hydrogen-bond donors (Lipinski definition) is 1. The summed E-state index contributed by atoms with van der Waals surface area (Å²) in [5, 5.41) is 9.67. The number of carboxylic acids is 1. The first-order valence-corrected chi connectivity index (χ1v) is 8.08. The maximum atomic E-state index is 11.8. The predicted octanol–water partition coefficient (Wildman–Crippen LogP) is 5.34. The number of benzene rings is 3. The molecule has 0 radical (unpaired) electrons. The first kappa shape index (κ1) is 16.5. The van der Waals surface area contributed by atoms with Crippen LogP contribution in [0.4, 0.5) is 11.4 Å². The second-order valence-corrected chi connectivity index (χ2v) is 5.65. The van der Waals surface area contributed by atoms with Gasteiger partial charge in [0.05, 0.1) is 11.3 Å². The van der Waals surface area contributed by atoms with E-state index in [1.54, 1.807) is 6.92 Å². The number of aliphatic carboxylic acids is 1. The lowest BCUT2D eigenvalue weighted by molar-refractivity contribution is -0.132. The molecule has 3 nitrogen and oxygen atoms in total. The van der Waals surface area contributed by atoms with Crippen molar-refractivity contribution < 1.29 is 9.90 Å². The predicted molar refractivity (Wildman–Crippen MR) is 102 cm³/mol. The molecule has 3 rings (SSSR count). The summed E-state index contributed by atoms with van der Waals surface area (Å²) in [6.07, 6.45) is 0. The minimum Gasteiger partial charge on any atom is -0.478 e. The maximum Gasteiger partial charge on any atom is 0.333 e. The van der Waals surface area contributed by atoms with Crippen molar-refractivity contribution in [3.63, 3.8) is 0 Å². The summed E-state index contributed by atoms with van der Waals surface area (Å²) < 4.78 is 0. The number of nitrogens with zero attached hydrogens (tertiary/aromatic N) is 1. The van der Waals surface area contributed by atoms with Crippen molar-refractivity contribution in [1.29, 1.82) is 0 Å². The Morgan fingerprint density at radius 3 is 1.52 bits per heavy atom. The highest BCUT2D eigenvalue weighted by atomic mass is 16.4. The molecule has 25 heavy (non-hydrogen) atoms. The van der Waals surface area contributed by atoms with E-state index in [1.165, 1.54) is 0 Å². The van der Waals surface area contributed by atoms with Gasteiger partial charge in [-0.05, 0) is 36.8 Å². The van der Waals surface area contributed by atoms with E-state index >= 15 is 0 Å². The Morgan fingerprint density at radius 2 is 1.12 bits per heavy atom. The van der Waals surface area contributed by atoms with Gasteiger partial charge in [0.1, 0.15) is 0 Å². The first-order valence-electron chi connectivity index (χ1n) is 8.08. The van der Waals surface area contributed by atoms with Crippen LogP contribution in [0.5, 0.6) is 0 Å². The van der Waals surface area contributed by atoms with E-state index in [4.69, 9.17) is 0 Å². The molecule has 0 heterocycles. The summed E-state index contributed by atoms with van der Waals surface area (Å²) in [5.74, 6) is -0.935. The van der Waals surface area contributed by atoms with Gasteiger partial charge in [0.15, 0.2) is 0 Å². The Morgan fingerprint density at radius 1 is 0.720 bits per heavy atom. The van der Waals surface area contributed by atoms with Crippen LogP contribution in [0.1, 0.15) is 12.5 Å². The molecule has 0 amide bonds. The molecule has 0 aliphatic heterocycles. The molecule has 0 aliphatic carbocycles. The summed E-state index contributed by atoms with van der Waals surface area (Å²) in [6, 6.07) is 29.2. The fourth-order valence-electron chi connectivity index (χ4n) is 2.77. The van der Waals surface area contributed by atoms with Gasteiger partial charge >= 0.3 is 5.97 Å². The van der Waals surface area contributed by atoms with Gasteiger partial charge in [0, 0.05) is 11.4 Å². The molecule has 0 aliphatic rings. The van der Waals surface area contributed by atoms with Crippen molar-refractivity contribution in [2.75, 3.05) is 4.90 Å². The average molecular weight is 329 g/mol. The van der Waals surface area contributed by atoms with E-state index in [2.05, 4.69) is 0 Å². The van der Waals surface area contributed by atoms with E-state index in [-0.39, 0.29) is 0 Å².